The Labute approximate surface area is 200 Å². The fourth-order valence-electron chi connectivity index (χ4n) is 3.99. The SMILES string of the molecule is Cc1ccccc1C(CC(=O)c1ccc(=O)n(C)c1)c1ccc(C(=O)N[C@@H](CO)C(C)C)cc1. The zero-order valence-corrected chi connectivity index (χ0v) is 20.1. The molecule has 0 saturated heterocycles. The minimum absolute atomic E-state index is 0.0617. The van der Waals surface area contributed by atoms with Crippen LogP contribution in [0, 0.1) is 12.8 Å². The van der Waals surface area contributed by atoms with Crippen molar-refractivity contribution in [3.8, 4) is 0 Å². The summed E-state index contributed by atoms with van der Waals surface area (Å²) in [6.07, 6.45) is 1.80. The molecule has 0 spiro atoms. The fourth-order valence-corrected chi connectivity index (χ4v) is 3.99. The maximum Gasteiger partial charge on any atom is 0.251 e. The van der Waals surface area contributed by atoms with Crippen LogP contribution in [0.25, 0.3) is 0 Å². The van der Waals surface area contributed by atoms with Gasteiger partial charge in [0.1, 0.15) is 0 Å². The zero-order valence-electron chi connectivity index (χ0n) is 20.1. The number of Topliss-reactive ketones (excluding diaryl/α,β-unsaturated/α-hetero) is 1. The first-order valence-corrected chi connectivity index (χ1v) is 11.5. The number of aliphatic hydroxyl groups is 1. The molecule has 2 atom stereocenters. The number of amides is 1. The van der Waals surface area contributed by atoms with E-state index in [1.165, 1.54) is 10.6 Å². The Morgan fingerprint density at radius 3 is 2.21 bits per heavy atom. The Morgan fingerprint density at radius 2 is 1.62 bits per heavy atom. The second-order valence-electron chi connectivity index (χ2n) is 9.03. The van der Waals surface area contributed by atoms with Crippen LogP contribution in [0.1, 0.15) is 63.6 Å². The van der Waals surface area contributed by atoms with E-state index in [-0.39, 0.29) is 48.2 Å². The molecule has 2 aromatic carbocycles. The van der Waals surface area contributed by atoms with Crippen molar-refractivity contribution in [2.75, 3.05) is 6.61 Å². The topological polar surface area (TPSA) is 88.4 Å². The Balaban J connectivity index is 1.90. The Bertz CT molecular complexity index is 1210. The van der Waals surface area contributed by atoms with Gasteiger partial charge in [0.15, 0.2) is 5.78 Å². The van der Waals surface area contributed by atoms with Crippen LogP contribution in [-0.4, -0.2) is 34.0 Å². The van der Waals surface area contributed by atoms with Gasteiger partial charge < -0.3 is 15.0 Å². The van der Waals surface area contributed by atoms with E-state index in [4.69, 9.17) is 0 Å². The monoisotopic (exact) mass is 460 g/mol. The van der Waals surface area contributed by atoms with Crippen LogP contribution in [0.2, 0.25) is 0 Å². The van der Waals surface area contributed by atoms with Crippen LogP contribution in [0.5, 0.6) is 0 Å². The molecule has 1 amide bonds. The highest BCUT2D eigenvalue weighted by Gasteiger charge is 2.22. The number of hydrogen-bond donors (Lipinski definition) is 2. The highest BCUT2D eigenvalue weighted by atomic mass is 16.3. The lowest BCUT2D eigenvalue weighted by Crippen LogP contribution is -2.41. The van der Waals surface area contributed by atoms with Gasteiger partial charge in [0.2, 0.25) is 5.56 Å². The minimum Gasteiger partial charge on any atom is -0.394 e. The van der Waals surface area contributed by atoms with Crippen molar-refractivity contribution < 1.29 is 14.7 Å². The molecule has 6 heteroatoms. The third kappa shape index (κ3) is 5.88. The third-order valence-electron chi connectivity index (χ3n) is 6.25. The van der Waals surface area contributed by atoms with Gasteiger partial charge in [0.25, 0.3) is 5.91 Å². The molecule has 2 N–H and O–H groups in total. The maximum absolute atomic E-state index is 13.2. The summed E-state index contributed by atoms with van der Waals surface area (Å²) >= 11 is 0. The number of aryl methyl sites for hydroxylation is 2. The molecular formula is C28H32N2O4. The van der Waals surface area contributed by atoms with E-state index < -0.39 is 0 Å². The molecule has 0 radical (unpaired) electrons. The summed E-state index contributed by atoms with van der Waals surface area (Å²) in [6.45, 7) is 5.78. The average molecular weight is 461 g/mol. The average Bonchev–Trinajstić information content (AvgIpc) is 2.83. The van der Waals surface area contributed by atoms with Gasteiger partial charge in [-0.2, -0.15) is 0 Å². The summed E-state index contributed by atoms with van der Waals surface area (Å²) < 4.78 is 1.40. The first-order chi connectivity index (χ1) is 16.2. The van der Waals surface area contributed by atoms with E-state index >= 15 is 0 Å². The van der Waals surface area contributed by atoms with Crippen LogP contribution in [0.3, 0.4) is 0 Å². The number of rotatable bonds is 9. The lowest BCUT2D eigenvalue weighted by atomic mass is 9.83. The van der Waals surface area contributed by atoms with Crippen LogP contribution < -0.4 is 10.9 Å². The molecule has 178 valence electrons. The molecule has 3 rings (SSSR count). The molecule has 0 saturated carbocycles. The van der Waals surface area contributed by atoms with Crippen molar-refractivity contribution in [2.45, 2.75) is 39.2 Å². The van der Waals surface area contributed by atoms with Crippen molar-refractivity contribution in [3.63, 3.8) is 0 Å². The zero-order chi connectivity index (χ0) is 24.8. The number of hydrogen-bond acceptors (Lipinski definition) is 4. The Morgan fingerprint density at radius 1 is 0.971 bits per heavy atom. The second-order valence-corrected chi connectivity index (χ2v) is 9.03. The molecule has 0 bridgehead atoms. The summed E-state index contributed by atoms with van der Waals surface area (Å²) in [7, 11) is 1.63. The van der Waals surface area contributed by atoms with Crippen LogP contribution >= 0.6 is 0 Å². The number of aliphatic hydroxyl groups excluding tert-OH is 1. The summed E-state index contributed by atoms with van der Waals surface area (Å²) in [5.41, 5.74) is 3.85. The molecule has 1 aromatic heterocycles. The molecule has 34 heavy (non-hydrogen) atoms. The number of benzene rings is 2. The number of nitrogens with one attached hydrogen (secondary N) is 1. The minimum atomic E-state index is -0.314. The highest BCUT2D eigenvalue weighted by Crippen LogP contribution is 2.31. The number of ketones is 1. The largest absolute Gasteiger partial charge is 0.394 e. The molecule has 0 aliphatic carbocycles. The van der Waals surface area contributed by atoms with Crippen LogP contribution in [0.15, 0.2) is 71.7 Å². The van der Waals surface area contributed by atoms with Gasteiger partial charge in [0, 0.05) is 42.8 Å². The van der Waals surface area contributed by atoms with E-state index in [1.54, 1.807) is 31.4 Å². The van der Waals surface area contributed by atoms with Crippen molar-refractivity contribution in [1.29, 1.82) is 0 Å². The lowest BCUT2D eigenvalue weighted by Gasteiger charge is -2.21. The van der Waals surface area contributed by atoms with Crippen LogP contribution in [-0.2, 0) is 7.05 Å². The van der Waals surface area contributed by atoms with Crippen molar-refractivity contribution in [2.24, 2.45) is 13.0 Å². The second kappa shape index (κ2) is 11.1. The van der Waals surface area contributed by atoms with E-state index in [0.717, 1.165) is 16.7 Å². The lowest BCUT2D eigenvalue weighted by molar-refractivity contribution is 0.0896. The molecule has 0 aliphatic rings. The fraction of sp³-hybridized carbons (Fsp3) is 0.321. The smallest absolute Gasteiger partial charge is 0.251 e. The number of carbonyl (C=O) groups is 2. The van der Waals surface area contributed by atoms with Gasteiger partial charge in [-0.15, -0.1) is 0 Å². The standard InChI is InChI=1S/C28H32N2O4/c1-18(2)25(17-31)29-28(34)21-11-9-20(10-12-21)24(23-8-6-5-7-19(23)3)15-26(32)22-13-14-27(33)30(4)16-22/h5-14,16,18,24-25,31H,15,17H2,1-4H3,(H,29,34)/t24?,25-/m0/s1. The van der Waals surface area contributed by atoms with E-state index in [2.05, 4.69) is 5.32 Å². The molecule has 1 unspecified atom stereocenters. The number of carbonyl (C=O) groups excluding carboxylic acids is 2. The van der Waals surface area contributed by atoms with Gasteiger partial charge >= 0.3 is 0 Å². The molecule has 6 nitrogen and oxygen atoms in total. The molecule has 0 fully saturated rings. The van der Waals surface area contributed by atoms with E-state index in [9.17, 15) is 19.5 Å². The predicted molar refractivity (Wildman–Crippen MR) is 133 cm³/mol. The molecular weight excluding hydrogens is 428 g/mol. The van der Waals surface area contributed by atoms with Gasteiger partial charge in [-0.25, -0.2) is 0 Å². The first kappa shape index (κ1) is 25.1. The van der Waals surface area contributed by atoms with Gasteiger partial charge in [0.05, 0.1) is 12.6 Å². The quantitative estimate of drug-likeness (QED) is 0.475. The van der Waals surface area contributed by atoms with Gasteiger partial charge in [-0.1, -0.05) is 50.2 Å². The molecule has 3 aromatic rings. The first-order valence-electron chi connectivity index (χ1n) is 11.5. The molecule has 1 heterocycles. The van der Waals surface area contributed by atoms with Crippen molar-refractivity contribution >= 4 is 11.7 Å². The van der Waals surface area contributed by atoms with Crippen LogP contribution in [0.4, 0.5) is 0 Å². The maximum atomic E-state index is 13.2. The van der Waals surface area contributed by atoms with Crippen molar-refractivity contribution in [1.82, 2.24) is 9.88 Å². The summed E-state index contributed by atoms with van der Waals surface area (Å²) in [5.74, 6) is -0.396. The normalized spacial score (nSPS) is 12.9. The third-order valence-corrected chi connectivity index (χ3v) is 6.25. The predicted octanol–water partition coefficient (Wildman–Crippen LogP) is 3.85. The summed E-state index contributed by atoms with van der Waals surface area (Å²) in [4.78, 5) is 37.5. The van der Waals surface area contributed by atoms with E-state index in [0.29, 0.717) is 11.1 Å². The number of nitrogens with zero attached hydrogens (tertiary/aromatic N) is 1. The Kier molecular flexibility index (Phi) is 8.18. The van der Waals surface area contributed by atoms with Crippen molar-refractivity contribution in [3.05, 3.63) is 105 Å². The summed E-state index contributed by atoms with van der Waals surface area (Å²) in [5, 5.41) is 12.4. The summed E-state index contributed by atoms with van der Waals surface area (Å²) in [6, 6.07) is 17.9. The Hall–Kier alpha value is -3.51. The highest BCUT2D eigenvalue weighted by molar-refractivity contribution is 5.97. The van der Waals surface area contributed by atoms with Gasteiger partial charge in [-0.3, -0.25) is 14.4 Å². The molecule has 0 aliphatic heterocycles. The van der Waals surface area contributed by atoms with Gasteiger partial charge in [-0.05, 0) is 47.7 Å². The number of aromatic nitrogens is 1. The van der Waals surface area contributed by atoms with E-state index in [1.807, 2.05) is 57.2 Å². The number of pyridine rings is 1.